The van der Waals surface area contributed by atoms with Crippen molar-refractivity contribution in [2.24, 2.45) is 11.8 Å². The van der Waals surface area contributed by atoms with Gasteiger partial charge in [-0.3, -0.25) is 14.5 Å². The second-order valence-corrected chi connectivity index (χ2v) is 7.33. The zero-order valence-electron chi connectivity index (χ0n) is 14.1. The number of amides is 2. The standard InChI is InChI=1S/C21H17NO4/c1-10(21(25)26)22-19(23)17-15-11-6-2-3-7-12(11)16(18(17)20(22)24)14-9-5-4-8-13(14)15/h2-10,15-18H,1H3,(H,25,26)/t10-,15?,16?,17-,18+/m1/s1. The number of aliphatic carboxylic acids is 1. The topological polar surface area (TPSA) is 74.7 Å². The van der Waals surface area contributed by atoms with Gasteiger partial charge in [0.15, 0.2) is 0 Å². The molecule has 1 saturated heterocycles. The molecule has 2 aromatic rings. The van der Waals surface area contributed by atoms with Gasteiger partial charge in [0.2, 0.25) is 11.8 Å². The monoisotopic (exact) mass is 347 g/mol. The lowest BCUT2D eigenvalue weighted by molar-refractivity contribution is -0.154. The molecule has 130 valence electrons. The fourth-order valence-electron chi connectivity index (χ4n) is 5.19. The summed E-state index contributed by atoms with van der Waals surface area (Å²) < 4.78 is 0. The highest BCUT2D eigenvalue weighted by molar-refractivity contribution is 6.09. The van der Waals surface area contributed by atoms with Crippen molar-refractivity contribution in [1.82, 2.24) is 4.90 Å². The number of rotatable bonds is 2. The molecule has 5 nitrogen and oxygen atoms in total. The van der Waals surface area contributed by atoms with Crippen LogP contribution in [0, 0.1) is 11.8 Å². The zero-order chi connectivity index (χ0) is 18.2. The maximum Gasteiger partial charge on any atom is 0.326 e. The number of carboxylic acid groups (broad SMARTS) is 1. The van der Waals surface area contributed by atoms with Gasteiger partial charge in [-0.2, -0.15) is 0 Å². The third kappa shape index (κ3) is 1.68. The normalized spacial score (nSPS) is 29.2. The van der Waals surface area contributed by atoms with Crippen LogP contribution in [0.2, 0.25) is 0 Å². The van der Waals surface area contributed by atoms with Crippen molar-refractivity contribution in [2.75, 3.05) is 0 Å². The van der Waals surface area contributed by atoms with E-state index in [0.29, 0.717) is 0 Å². The predicted molar refractivity (Wildman–Crippen MR) is 92.5 cm³/mol. The Bertz CT molecular complexity index is 866. The first-order valence-corrected chi connectivity index (χ1v) is 8.79. The van der Waals surface area contributed by atoms with Gasteiger partial charge in [0.25, 0.3) is 0 Å². The summed E-state index contributed by atoms with van der Waals surface area (Å²) in [4.78, 5) is 38.7. The lowest BCUT2D eigenvalue weighted by atomic mass is 9.55. The van der Waals surface area contributed by atoms with E-state index in [-0.39, 0.29) is 23.7 Å². The zero-order valence-corrected chi connectivity index (χ0v) is 14.1. The molecule has 1 N–H and O–H groups in total. The van der Waals surface area contributed by atoms with E-state index in [4.69, 9.17) is 0 Å². The van der Waals surface area contributed by atoms with E-state index in [2.05, 4.69) is 0 Å². The molecule has 5 heteroatoms. The van der Waals surface area contributed by atoms with Crippen molar-refractivity contribution in [3.05, 3.63) is 70.8 Å². The molecule has 1 aliphatic heterocycles. The number of likely N-dealkylation sites (tertiary alicyclic amines) is 1. The summed E-state index contributed by atoms with van der Waals surface area (Å²) in [6.07, 6.45) is 0. The molecule has 1 fully saturated rings. The smallest absolute Gasteiger partial charge is 0.326 e. The van der Waals surface area contributed by atoms with Crippen molar-refractivity contribution >= 4 is 17.8 Å². The van der Waals surface area contributed by atoms with E-state index in [1.54, 1.807) is 0 Å². The lowest BCUT2D eigenvalue weighted by Gasteiger charge is -2.45. The first kappa shape index (κ1) is 15.3. The largest absolute Gasteiger partial charge is 0.480 e. The van der Waals surface area contributed by atoms with Crippen LogP contribution in [-0.4, -0.2) is 33.8 Å². The van der Waals surface area contributed by atoms with Gasteiger partial charge in [0.05, 0.1) is 11.8 Å². The van der Waals surface area contributed by atoms with E-state index in [1.807, 2.05) is 48.5 Å². The van der Waals surface area contributed by atoms with Gasteiger partial charge in [-0.15, -0.1) is 0 Å². The van der Waals surface area contributed by atoms with Crippen LogP contribution >= 0.6 is 0 Å². The number of carbonyl (C=O) groups excluding carboxylic acids is 2. The highest BCUT2D eigenvalue weighted by Gasteiger charge is 2.62. The molecular weight excluding hydrogens is 330 g/mol. The van der Waals surface area contributed by atoms with Crippen molar-refractivity contribution in [3.63, 3.8) is 0 Å². The predicted octanol–water partition coefficient (Wildman–Crippen LogP) is 2.35. The van der Waals surface area contributed by atoms with Crippen molar-refractivity contribution < 1.29 is 19.5 Å². The molecule has 26 heavy (non-hydrogen) atoms. The second kappa shape index (κ2) is 5.04. The summed E-state index contributed by atoms with van der Waals surface area (Å²) in [5.41, 5.74) is 4.35. The van der Waals surface area contributed by atoms with Crippen LogP contribution in [0.3, 0.4) is 0 Å². The van der Waals surface area contributed by atoms with Crippen molar-refractivity contribution in [2.45, 2.75) is 24.8 Å². The van der Waals surface area contributed by atoms with Gasteiger partial charge < -0.3 is 5.11 Å². The number of carboxylic acids is 1. The molecule has 0 aromatic heterocycles. The van der Waals surface area contributed by atoms with Crippen LogP contribution in [0.5, 0.6) is 0 Å². The van der Waals surface area contributed by atoms with E-state index in [0.717, 1.165) is 27.2 Å². The molecule has 2 amide bonds. The summed E-state index contributed by atoms with van der Waals surface area (Å²) >= 11 is 0. The van der Waals surface area contributed by atoms with Crippen molar-refractivity contribution in [3.8, 4) is 0 Å². The first-order chi connectivity index (χ1) is 12.5. The van der Waals surface area contributed by atoms with Gasteiger partial charge in [-0.25, -0.2) is 4.79 Å². The highest BCUT2D eigenvalue weighted by atomic mass is 16.4. The Hall–Kier alpha value is -2.95. The molecule has 0 radical (unpaired) electrons. The summed E-state index contributed by atoms with van der Waals surface area (Å²) in [5.74, 6) is -3.28. The minimum absolute atomic E-state index is 0.195. The number of carbonyl (C=O) groups is 3. The Labute approximate surface area is 150 Å². The molecule has 2 bridgehead atoms. The molecule has 3 aliphatic carbocycles. The molecular formula is C21H17NO4. The van der Waals surface area contributed by atoms with Gasteiger partial charge in [0, 0.05) is 11.8 Å². The number of nitrogens with zero attached hydrogens (tertiary/aromatic N) is 1. The summed E-state index contributed by atoms with van der Waals surface area (Å²) in [5, 5.41) is 9.36. The molecule has 0 unspecified atom stereocenters. The molecule has 1 heterocycles. The Balaban J connectivity index is 1.74. The average molecular weight is 347 g/mol. The van der Waals surface area contributed by atoms with E-state index < -0.39 is 23.8 Å². The number of hydrogen-bond donors (Lipinski definition) is 1. The van der Waals surface area contributed by atoms with Crippen LogP contribution in [0.15, 0.2) is 48.5 Å². The van der Waals surface area contributed by atoms with Crippen LogP contribution in [-0.2, 0) is 14.4 Å². The maximum absolute atomic E-state index is 13.1. The summed E-state index contributed by atoms with van der Waals surface area (Å²) in [7, 11) is 0. The van der Waals surface area contributed by atoms with Crippen LogP contribution < -0.4 is 0 Å². The van der Waals surface area contributed by atoms with E-state index in [9.17, 15) is 19.5 Å². The van der Waals surface area contributed by atoms with Gasteiger partial charge >= 0.3 is 5.97 Å². The Morgan fingerprint density at radius 3 is 1.50 bits per heavy atom. The Kier molecular flexibility index (Phi) is 2.97. The molecule has 0 spiro atoms. The van der Waals surface area contributed by atoms with Gasteiger partial charge in [0.1, 0.15) is 6.04 Å². The summed E-state index contributed by atoms with van der Waals surface area (Å²) in [6, 6.07) is 14.8. The SMILES string of the molecule is C[C@H](C(=O)O)N1C(=O)[C@@H]2C3c4ccccc4C(c4ccccc43)[C@@H]2C1=O. The van der Waals surface area contributed by atoms with Gasteiger partial charge in [-0.1, -0.05) is 48.5 Å². The fraction of sp³-hybridized carbons (Fsp3) is 0.286. The van der Waals surface area contributed by atoms with E-state index >= 15 is 0 Å². The molecule has 0 saturated carbocycles. The van der Waals surface area contributed by atoms with E-state index in [1.165, 1.54) is 6.92 Å². The van der Waals surface area contributed by atoms with Crippen LogP contribution in [0.4, 0.5) is 0 Å². The number of hydrogen-bond acceptors (Lipinski definition) is 3. The lowest BCUT2D eigenvalue weighted by Crippen LogP contribution is -2.43. The Morgan fingerprint density at radius 1 is 0.846 bits per heavy atom. The molecule has 3 atom stereocenters. The molecule has 6 rings (SSSR count). The molecule has 2 aromatic carbocycles. The fourth-order valence-corrected chi connectivity index (χ4v) is 5.19. The number of benzene rings is 2. The third-order valence-electron chi connectivity index (χ3n) is 6.23. The summed E-state index contributed by atoms with van der Waals surface area (Å²) in [6.45, 7) is 1.40. The Morgan fingerprint density at radius 2 is 1.19 bits per heavy atom. The minimum atomic E-state index is -1.16. The number of imide groups is 1. The highest BCUT2D eigenvalue weighted by Crippen LogP contribution is 2.61. The van der Waals surface area contributed by atoms with Crippen LogP contribution in [0.1, 0.15) is 41.0 Å². The average Bonchev–Trinajstić information content (AvgIpc) is 2.92. The first-order valence-electron chi connectivity index (χ1n) is 8.79. The quantitative estimate of drug-likeness (QED) is 0.846. The minimum Gasteiger partial charge on any atom is -0.480 e. The van der Waals surface area contributed by atoms with Crippen LogP contribution in [0.25, 0.3) is 0 Å². The maximum atomic E-state index is 13.1. The van der Waals surface area contributed by atoms with Crippen molar-refractivity contribution in [1.29, 1.82) is 0 Å². The third-order valence-corrected chi connectivity index (χ3v) is 6.23. The second-order valence-electron chi connectivity index (χ2n) is 7.33. The van der Waals surface area contributed by atoms with Gasteiger partial charge in [-0.05, 0) is 29.2 Å². The molecule has 4 aliphatic rings.